The Bertz CT molecular complexity index is 924. The lowest BCUT2D eigenvalue weighted by molar-refractivity contribution is -0.123. The maximum absolute atomic E-state index is 12.4. The molecule has 0 aliphatic carbocycles. The van der Waals surface area contributed by atoms with Gasteiger partial charge < -0.3 is 25.4 Å². The number of hydrogen-bond donors (Lipinski definition) is 3. The Morgan fingerprint density at radius 3 is 2.70 bits per heavy atom. The van der Waals surface area contributed by atoms with Crippen molar-refractivity contribution in [1.29, 1.82) is 5.26 Å². The Kier molecular flexibility index (Phi) is 8.44. The quantitative estimate of drug-likeness (QED) is 0.508. The van der Waals surface area contributed by atoms with Gasteiger partial charge >= 0.3 is 0 Å². The van der Waals surface area contributed by atoms with Crippen LogP contribution < -0.4 is 25.4 Å². The van der Waals surface area contributed by atoms with E-state index in [4.69, 9.17) is 14.7 Å². The lowest BCUT2D eigenvalue weighted by atomic mass is 10.2. The number of carbonyl (C=O) groups excluding carboxylic acids is 2. The standard InChI is InChI=1S/C21H25N5O4/c1-14(2)26-19(27)13-30-17-7-6-15(11-18(17)29-3)21(28)25-10-9-24-20-16(12-22)5-4-8-23-20/h4-8,11,14H,9-10,13H2,1-3H3,(H,23,24)(H,25,28)(H,26,27). The van der Waals surface area contributed by atoms with Crippen LogP contribution in [-0.2, 0) is 4.79 Å². The van der Waals surface area contributed by atoms with Crippen LogP contribution in [0.15, 0.2) is 36.5 Å². The lowest BCUT2D eigenvalue weighted by Crippen LogP contribution is -2.34. The number of nitriles is 1. The summed E-state index contributed by atoms with van der Waals surface area (Å²) >= 11 is 0. The molecule has 1 aromatic carbocycles. The highest BCUT2D eigenvalue weighted by molar-refractivity contribution is 5.94. The molecule has 0 saturated carbocycles. The van der Waals surface area contributed by atoms with Crippen LogP contribution in [0, 0.1) is 11.3 Å². The van der Waals surface area contributed by atoms with Gasteiger partial charge in [-0.1, -0.05) is 0 Å². The molecule has 1 heterocycles. The highest BCUT2D eigenvalue weighted by atomic mass is 16.5. The molecule has 1 aromatic heterocycles. The predicted octanol–water partition coefficient (Wildman–Crippen LogP) is 1.71. The maximum Gasteiger partial charge on any atom is 0.258 e. The summed E-state index contributed by atoms with van der Waals surface area (Å²) in [6.45, 7) is 4.31. The normalized spacial score (nSPS) is 10.1. The van der Waals surface area contributed by atoms with Crippen LogP contribution in [0.5, 0.6) is 11.5 Å². The van der Waals surface area contributed by atoms with Crippen molar-refractivity contribution < 1.29 is 19.1 Å². The largest absolute Gasteiger partial charge is 0.493 e. The summed E-state index contributed by atoms with van der Waals surface area (Å²) in [5.74, 6) is 0.660. The monoisotopic (exact) mass is 411 g/mol. The molecular weight excluding hydrogens is 386 g/mol. The first-order valence-electron chi connectivity index (χ1n) is 9.42. The van der Waals surface area contributed by atoms with Gasteiger partial charge in [0, 0.05) is 30.9 Å². The SMILES string of the molecule is COc1cc(C(=O)NCCNc2ncccc2C#N)ccc1OCC(=O)NC(C)C. The van der Waals surface area contributed by atoms with Crippen LogP contribution in [0.4, 0.5) is 5.82 Å². The average molecular weight is 411 g/mol. The van der Waals surface area contributed by atoms with E-state index in [0.717, 1.165) is 0 Å². The second kappa shape index (κ2) is 11.3. The number of nitrogens with one attached hydrogen (secondary N) is 3. The first-order valence-corrected chi connectivity index (χ1v) is 9.42. The molecule has 9 nitrogen and oxygen atoms in total. The van der Waals surface area contributed by atoms with Crippen molar-refractivity contribution in [3.05, 3.63) is 47.7 Å². The zero-order valence-corrected chi connectivity index (χ0v) is 17.2. The van der Waals surface area contributed by atoms with E-state index in [9.17, 15) is 9.59 Å². The highest BCUT2D eigenvalue weighted by Crippen LogP contribution is 2.28. The molecule has 0 radical (unpaired) electrons. The van der Waals surface area contributed by atoms with E-state index in [1.54, 1.807) is 36.5 Å². The van der Waals surface area contributed by atoms with Crippen molar-refractivity contribution in [3.63, 3.8) is 0 Å². The van der Waals surface area contributed by atoms with E-state index in [1.807, 2.05) is 13.8 Å². The Balaban J connectivity index is 1.88. The number of rotatable bonds is 10. The van der Waals surface area contributed by atoms with Crippen LogP contribution >= 0.6 is 0 Å². The number of ether oxygens (including phenoxy) is 2. The summed E-state index contributed by atoms with van der Waals surface area (Å²) in [6, 6.07) is 10.1. The van der Waals surface area contributed by atoms with Crippen LogP contribution in [0.3, 0.4) is 0 Å². The van der Waals surface area contributed by atoms with Gasteiger partial charge in [0.2, 0.25) is 0 Å². The molecule has 0 saturated heterocycles. The second-order valence-electron chi connectivity index (χ2n) is 6.57. The molecule has 2 aromatic rings. The maximum atomic E-state index is 12.4. The van der Waals surface area contributed by atoms with E-state index in [2.05, 4.69) is 27.0 Å². The molecule has 3 N–H and O–H groups in total. The van der Waals surface area contributed by atoms with E-state index in [1.165, 1.54) is 7.11 Å². The number of anilines is 1. The number of methoxy groups -OCH3 is 1. The molecule has 30 heavy (non-hydrogen) atoms. The van der Waals surface area contributed by atoms with Crippen LogP contribution in [0.1, 0.15) is 29.8 Å². The number of pyridine rings is 1. The summed E-state index contributed by atoms with van der Waals surface area (Å²) in [6.07, 6.45) is 1.59. The van der Waals surface area contributed by atoms with Gasteiger partial charge in [-0.05, 0) is 44.2 Å². The van der Waals surface area contributed by atoms with Gasteiger partial charge in [-0.3, -0.25) is 9.59 Å². The number of nitrogens with zero attached hydrogens (tertiary/aromatic N) is 2. The molecule has 0 aliphatic heterocycles. The molecule has 0 unspecified atom stereocenters. The van der Waals surface area contributed by atoms with Crippen molar-refractivity contribution in [2.24, 2.45) is 0 Å². The number of carbonyl (C=O) groups is 2. The van der Waals surface area contributed by atoms with Crippen LogP contribution in [-0.4, -0.2) is 49.6 Å². The van der Waals surface area contributed by atoms with Gasteiger partial charge in [0.1, 0.15) is 11.9 Å². The highest BCUT2D eigenvalue weighted by Gasteiger charge is 2.13. The molecule has 0 bridgehead atoms. The average Bonchev–Trinajstić information content (AvgIpc) is 2.74. The number of aromatic nitrogens is 1. The molecule has 158 valence electrons. The van der Waals surface area contributed by atoms with E-state index in [0.29, 0.717) is 41.5 Å². The Morgan fingerprint density at radius 1 is 1.20 bits per heavy atom. The topological polar surface area (TPSA) is 125 Å². The Morgan fingerprint density at radius 2 is 2.00 bits per heavy atom. The fourth-order valence-electron chi connectivity index (χ4n) is 2.53. The summed E-state index contributed by atoms with van der Waals surface area (Å²) in [4.78, 5) is 28.2. The minimum absolute atomic E-state index is 0.0210. The van der Waals surface area contributed by atoms with E-state index in [-0.39, 0.29) is 24.5 Å². The lowest BCUT2D eigenvalue weighted by Gasteiger charge is -2.13. The molecule has 9 heteroatoms. The predicted molar refractivity (Wildman–Crippen MR) is 112 cm³/mol. The number of amides is 2. The smallest absolute Gasteiger partial charge is 0.258 e. The van der Waals surface area contributed by atoms with Crippen molar-refractivity contribution in [1.82, 2.24) is 15.6 Å². The van der Waals surface area contributed by atoms with Gasteiger partial charge in [-0.15, -0.1) is 0 Å². The summed E-state index contributed by atoms with van der Waals surface area (Å²) in [5.41, 5.74) is 0.826. The van der Waals surface area contributed by atoms with E-state index >= 15 is 0 Å². The Hall–Kier alpha value is -3.80. The van der Waals surface area contributed by atoms with E-state index < -0.39 is 0 Å². The van der Waals surface area contributed by atoms with Gasteiger partial charge in [-0.25, -0.2) is 4.98 Å². The first-order chi connectivity index (χ1) is 14.4. The molecule has 0 atom stereocenters. The molecule has 2 amide bonds. The summed E-state index contributed by atoms with van der Waals surface area (Å²) < 4.78 is 10.8. The van der Waals surface area contributed by atoms with Gasteiger partial charge in [0.05, 0.1) is 12.7 Å². The van der Waals surface area contributed by atoms with Crippen molar-refractivity contribution >= 4 is 17.6 Å². The van der Waals surface area contributed by atoms with Crippen molar-refractivity contribution in [3.8, 4) is 17.6 Å². The third-order valence-electron chi connectivity index (χ3n) is 3.87. The third-order valence-corrected chi connectivity index (χ3v) is 3.87. The summed E-state index contributed by atoms with van der Waals surface area (Å²) in [5, 5.41) is 17.6. The molecule has 0 fully saturated rings. The van der Waals surface area contributed by atoms with Crippen LogP contribution in [0.2, 0.25) is 0 Å². The Labute approximate surface area is 175 Å². The van der Waals surface area contributed by atoms with Crippen LogP contribution in [0.25, 0.3) is 0 Å². The van der Waals surface area contributed by atoms with Crippen molar-refractivity contribution in [2.45, 2.75) is 19.9 Å². The van der Waals surface area contributed by atoms with Crippen molar-refractivity contribution in [2.75, 3.05) is 32.1 Å². The minimum atomic E-state index is -0.291. The number of hydrogen-bond acceptors (Lipinski definition) is 7. The minimum Gasteiger partial charge on any atom is -0.493 e. The molecule has 0 spiro atoms. The fraction of sp³-hybridized carbons (Fsp3) is 0.333. The second-order valence-corrected chi connectivity index (χ2v) is 6.57. The molecule has 0 aliphatic rings. The van der Waals surface area contributed by atoms with Gasteiger partial charge in [0.15, 0.2) is 18.1 Å². The molecule has 2 rings (SSSR count). The first kappa shape index (κ1) is 22.5. The van der Waals surface area contributed by atoms with Gasteiger partial charge in [-0.2, -0.15) is 5.26 Å². The number of benzene rings is 1. The zero-order valence-electron chi connectivity index (χ0n) is 17.2. The summed E-state index contributed by atoms with van der Waals surface area (Å²) in [7, 11) is 1.46. The fourth-order valence-corrected chi connectivity index (χ4v) is 2.53. The van der Waals surface area contributed by atoms with Gasteiger partial charge in [0.25, 0.3) is 11.8 Å². The molecular formula is C21H25N5O4. The zero-order chi connectivity index (χ0) is 21.9. The third kappa shape index (κ3) is 6.67.